The van der Waals surface area contributed by atoms with E-state index in [1.165, 1.54) is 0 Å². The van der Waals surface area contributed by atoms with Gasteiger partial charge in [-0.05, 0) is 33.9 Å². The Labute approximate surface area is 116 Å². The SMILES string of the molecule is Cc1cccc(C(=O)CCN(C)CCOC(C)C)c1. The van der Waals surface area contributed by atoms with Gasteiger partial charge in [-0.15, -0.1) is 0 Å². The van der Waals surface area contributed by atoms with Crippen LogP contribution in [0.5, 0.6) is 0 Å². The molecule has 0 aliphatic carbocycles. The Morgan fingerprint density at radius 1 is 1.32 bits per heavy atom. The molecule has 0 fully saturated rings. The van der Waals surface area contributed by atoms with Crippen molar-refractivity contribution in [1.82, 2.24) is 4.90 Å². The molecule has 0 saturated carbocycles. The summed E-state index contributed by atoms with van der Waals surface area (Å²) in [6.45, 7) is 8.41. The van der Waals surface area contributed by atoms with E-state index in [0.29, 0.717) is 13.0 Å². The zero-order valence-electron chi connectivity index (χ0n) is 12.5. The fraction of sp³-hybridized carbons (Fsp3) is 0.562. The van der Waals surface area contributed by atoms with E-state index in [1.54, 1.807) is 0 Å². The van der Waals surface area contributed by atoms with Crippen LogP contribution >= 0.6 is 0 Å². The first-order valence-corrected chi connectivity index (χ1v) is 6.89. The number of hydrogen-bond acceptors (Lipinski definition) is 3. The van der Waals surface area contributed by atoms with E-state index < -0.39 is 0 Å². The second-order valence-corrected chi connectivity index (χ2v) is 5.27. The summed E-state index contributed by atoms with van der Waals surface area (Å²) in [7, 11) is 2.02. The highest BCUT2D eigenvalue weighted by Crippen LogP contribution is 2.07. The molecule has 0 aliphatic rings. The third-order valence-corrected chi connectivity index (χ3v) is 2.98. The van der Waals surface area contributed by atoms with Gasteiger partial charge in [0, 0.05) is 25.1 Å². The molecule has 1 rings (SSSR count). The highest BCUT2D eigenvalue weighted by Gasteiger charge is 2.07. The lowest BCUT2D eigenvalue weighted by atomic mass is 10.1. The van der Waals surface area contributed by atoms with Gasteiger partial charge in [0.2, 0.25) is 0 Å². The number of aryl methyl sites for hydroxylation is 1. The smallest absolute Gasteiger partial charge is 0.164 e. The van der Waals surface area contributed by atoms with E-state index >= 15 is 0 Å². The molecule has 0 bridgehead atoms. The third-order valence-electron chi connectivity index (χ3n) is 2.98. The molecule has 0 N–H and O–H groups in total. The number of carbonyl (C=O) groups is 1. The predicted octanol–water partition coefficient (Wildman–Crippen LogP) is 2.92. The number of rotatable bonds is 8. The van der Waals surface area contributed by atoms with Crippen molar-refractivity contribution in [2.45, 2.75) is 33.3 Å². The average Bonchev–Trinajstić information content (AvgIpc) is 2.35. The molecule has 1 aromatic rings. The Hall–Kier alpha value is -1.19. The van der Waals surface area contributed by atoms with E-state index in [0.717, 1.165) is 24.2 Å². The van der Waals surface area contributed by atoms with E-state index in [1.807, 2.05) is 52.1 Å². The normalized spacial score (nSPS) is 11.3. The third kappa shape index (κ3) is 6.50. The zero-order valence-corrected chi connectivity index (χ0v) is 12.5. The summed E-state index contributed by atoms with van der Waals surface area (Å²) in [4.78, 5) is 14.2. The number of carbonyl (C=O) groups excluding carboxylic acids is 1. The molecular weight excluding hydrogens is 238 g/mol. The van der Waals surface area contributed by atoms with Gasteiger partial charge in [-0.2, -0.15) is 0 Å². The fourth-order valence-corrected chi connectivity index (χ4v) is 1.81. The van der Waals surface area contributed by atoms with Crippen LogP contribution in [0.15, 0.2) is 24.3 Å². The Morgan fingerprint density at radius 2 is 2.05 bits per heavy atom. The van der Waals surface area contributed by atoms with E-state index in [-0.39, 0.29) is 11.9 Å². The van der Waals surface area contributed by atoms with Crippen molar-refractivity contribution in [2.75, 3.05) is 26.7 Å². The maximum Gasteiger partial charge on any atom is 0.164 e. The molecule has 3 nitrogen and oxygen atoms in total. The lowest BCUT2D eigenvalue weighted by Gasteiger charge is -2.17. The number of ketones is 1. The van der Waals surface area contributed by atoms with Crippen LogP contribution in [0, 0.1) is 6.92 Å². The molecule has 0 atom stereocenters. The van der Waals surface area contributed by atoms with E-state index in [4.69, 9.17) is 4.74 Å². The molecule has 0 aromatic heterocycles. The van der Waals surface area contributed by atoms with Crippen LogP contribution in [0.2, 0.25) is 0 Å². The first-order chi connectivity index (χ1) is 8.99. The molecule has 0 radical (unpaired) electrons. The van der Waals surface area contributed by atoms with Crippen molar-refractivity contribution in [3.05, 3.63) is 35.4 Å². The number of likely N-dealkylation sites (N-methyl/N-ethyl adjacent to an activating group) is 1. The van der Waals surface area contributed by atoms with Crippen molar-refractivity contribution in [3.63, 3.8) is 0 Å². The Balaban J connectivity index is 2.30. The van der Waals surface area contributed by atoms with Crippen LogP contribution in [0.3, 0.4) is 0 Å². The highest BCUT2D eigenvalue weighted by atomic mass is 16.5. The second-order valence-electron chi connectivity index (χ2n) is 5.27. The fourth-order valence-electron chi connectivity index (χ4n) is 1.81. The number of hydrogen-bond donors (Lipinski definition) is 0. The van der Waals surface area contributed by atoms with Crippen LogP contribution in [-0.2, 0) is 4.74 Å². The molecule has 0 saturated heterocycles. The van der Waals surface area contributed by atoms with Crippen molar-refractivity contribution < 1.29 is 9.53 Å². The summed E-state index contributed by atoms with van der Waals surface area (Å²) in [5.41, 5.74) is 1.94. The summed E-state index contributed by atoms with van der Waals surface area (Å²) in [6, 6.07) is 7.77. The second kappa shape index (κ2) is 8.08. The number of Topliss-reactive ketones (excluding diaryl/α,β-unsaturated/α-hetero) is 1. The van der Waals surface area contributed by atoms with Crippen molar-refractivity contribution >= 4 is 5.78 Å². The molecule has 0 spiro atoms. The quantitative estimate of drug-likeness (QED) is 0.675. The average molecular weight is 263 g/mol. The summed E-state index contributed by atoms with van der Waals surface area (Å²) >= 11 is 0. The maximum absolute atomic E-state index is 12.0. The van der Waals surface area contributed by atoms with Crippen molar-refractivity contribution in [3.8, 4) is 0 Å². The topological polar surface area (TPSA) is 29.5 Å². The van der Waals surface area contributed by atoms with Crippen LogP contribution in [-0.4, -0.2) is 43.5 Å². The molecule has 0 aliphatic heterocycles. The largest absolute Gasteiger partial charge is 0.377 e. The van der Waals surface area contributed by atoms with Gasteiger partial charge < -0.3 is 9.64 Å². The first kappa shape index (κ1) is 15.9. The van der Waals surface area contributed by atoms with Gasteiger partial charge in [0.15, 0.2) is 5.78 Å². The van der Waals surface area contributed by atoms with Crippen molar-refractivity contribution in [2.24, 2.45) is 0 Å². The minimum atomic E-state index is 0.209. The monoisotopic (exact) mass is 263 g/mol. The molecule has 106 valence electrons. The lowest BCUT2D eigenvalue weighted by molar-refractivity contribution is 0.0629. The zero-order chi connectivity index (χ0) is 14.3. The molecule has 0 heterocycles. The minimum Gasteiger partial charge on any atom is -0.377 e. The van der Waals surface area contributed by atoms with Gasteiger partial charge in [0.25, 0.3) is 0 Å². The summed E-state index contributed by atoms with van der Waals surface area (Å²) in [5, 5.41) is 0. The first-order valence-electron chi connectivity index (χ1n) is 6.89. The van der Waals surface area contributed by atoms with Gasteiger partial charge in [-0.3, -0.25) is 4.79 Å². The number of ether oxygens (including phenoxy) is 1. The Bertz CT molecular complexity index is 401. The molecule has 3 heteroatoms. The van der Waals surface area contributed by atoms with E-state index in [2.05, 4.69) is 4.90 Å². The minimum absolute atomic E-state index is 0.209. The van der Waals surface area contributed by atoms with Crippen molar-refractivity contribution in [1.29, 1.82) is 0 Å². The lowest BCUT2D eigenvalue weighted by Crippen LogP contribution is -2.26. The van der Waals surface area contributed by atoms with E-state index in [9.17, 15) is 4.79 Å². The van der Waals surface area contributed by atoms with Gasteiger partial charge in [-0.25, -0.2) is 0 Å². The van der Waals surface area contributed by atoms with Crippen LogP contribution in [0.1, 0.15) is 36.2 Å². The summed E-state index contributed by atoms with van der Waals surface area (Å²) in [5.74, 6) is 0.209. The number of benzene rings is 1. The highest BCUT2D eigenvalue weighted by molar-refractivity contribution is 5.96. The Kier molecular flexibility index (Phi) is 6.74. The molecular formula is C16H25NO2. The van der Waals surface area contributed by atoms with Crippen LogP contribution < -0.4 is 0 Å². The Morgan fingerprint density at radius 3 is 2.68 bits per heavy atom. The van der Waals surface area contributed by atoms with Crippen LogP contribution in [0.25, 0.3) is 0 Å². The summed E-state index contributed by atoms with van der Waals surface area (Å²) in [6.07, 6.45) is 0.823. The summed E-state index contributed by atoms with van der Waals surface area (Å²) < 4.78 is 5.49. The molecule has 0 unspecified atom stereocenters. The predicted molar refractivity (Wildman–Crippen MR) is 78.7 cm³/mol. The van der Waals surface area contributed by atoms with Gasteiger partial charge in [0.1, 0.15) is 0 Å². The maximum atomic E-state index is 12.0. The van der Waals surface area contributed by atoms with Gasteiger partial charge in [0.05, 0.1) is 12.7 Å². The van der Waals surface area contributed by atoms with Crippen LogP contribution in [0.4, 0.5) is 0 Å². The number of nitrogens with zero attached hydrogens (tertiary/aromatic N) is 1. The van der Waals surface area contributed by atoms with Gasteiger partial charge in [-0.1, -0.05) is 23.8 Å². The van der Waals surface area contributed by atoms with Gasteiger partial charge >= 0.3 is 0 Å². The molecule has 1 aromatic carbocycles. The molecule has 0 amide bonds. The standard InChI is InChI=1S/C16H25NO2/c1-13(2)19-11-10-17(4)9-8-16(18)15-7-5-6-14(3)12-15/h5-7,12-13H,8-11H2,1-4H3. The molecule has 19 heavy (non-hydrogen) atoms.